The number of imidazole rings is 1. The van der Waals surface area contributed by atoms with E-state index in [9.17, 15) is 14.4 Å². The van der Waals surface area contributed by atoms with Crippen LogP contribution in [0.2, 0.25) is 0 Å². The van der Waals surface area contributed by atoms with Crippen LogP contribution in [0.5, 0.6) is 5.75 Å². The molecule has 0 unspecified atom stereocenters. The summed E-state index contributed by atoms with van der Waals surface area (Å²) < 4.78 is 8.35. The van der Waals surface area contributed by atoms with Crippen molar-refractivity contribution in [3.8, 4) is 5.75 Å². The first-order valence-electron chi connectivity index (χ1n) is 6.94. The van der Waals surface area contributed by atoms with Crippen molar-refractivity contribution >= 4 is 17.0 Å². The molecule has 3 aromatic rings. The average molecular weight is 314 g/mol. The number of nitrogens with zero attached hydrogens (tertiary/aromatic N) is 3. The Bertz CT molecular complexity index is 983. The van der Waals surface area contributed by atoms with Crippen molar-refractivity contribution in [1.29, 1.82) is 0 Å². The third kappa shape index (κ3) is 3.20. The Labute approximate surface area is 130 Å². The minimum Gasteiger partial charge on any atom is -0.426 e. The van der Waals surface area contributed by atoms with Crippen LogP contribution in [-0.4, -0.2) is 25.1 Å². The maximum atomic E-state index is 11.9. The molecule has 0 fully saturated rings. The zero-order valence-corrected chi connectivity index (χ0v) is 12.4. The van der Waals surface area contributed by atoms with Crippen LogP contribution in [0.3, 0.4) is 0 Å². The van der Waals surface area contributed by atoms with Crippen LogP contribution in [0.25, 0.3) is 11.0 Å². The molecule has 8 nitrogen and oxygen atoms in total. The minimum absolute atomic E-state index is 0.00616. The number of aromatic amines is 1. The van der Waals surface area contributed by atoms with Crippen molar-refractivity contribution in [2.75, 3.05) is 0 Å². The number of aryl methyl sites for hydroxylation is 2. The Kier molecular flexibility index (Phi) is 3.80. The first-order valence-corrected chi connectivity index (χ1v) is 6.94. The summed E-state index contributed by atoms with van der Waals surface area (Å²) in [6.45, 7) is 0.125. The summed E-state index contributed by atoms with van der Waals surface area (Å²) in [7, 11) is 1.88. The molecule has 0 radical (unpaired) electrons. The van der Waals surface area contributed by atoms with E-state index in [2.05, 4.69) is 9.97 Å². The van der Waals surface area contributed by atoms with E-state index in [-0.39, 0.29) is 13.0 Å². The smallest absolute Gasteiger partial charge is 0.328 e. The lowest BCUT2D eigenvalue weighted by molar-refractivity contribution is -0.134. The van der Waals surface area contributed by atoms with Gasteiger partial charge in [-0.1, -0.05) is 0 Å². The molecule has 0 saturated heterocycles. The van der Waals surface area contributed by atoms with Crippen molar-refractivity contribution < 1.29 is 9.53 Å². The summed E-state index contributed by atoms with van der Waals surface area (Å²) >= 11 is 0. The fourth-order valence-electron chi connectivity index (χ4n) is 2.19. The number of nitrogens with one attached hydrogen (secondary N) is 1. The topological polar surface area (TPSA) is 99.0 Å². The van der Waals surface area contributed by atoms with E-state index in [0.29, 0.717) is 5.75 Å². The number of hydrogen-bond acceptors (Lipinski definition) is 5. The number of rotatable bonds is 4. The van der Waals surface area contributed by atoms with Crippen LogP contribution >= 0.6 is 0 Å². The molecule has 0 aliphatic heterocycles. The largest absolute Gasteiger partial charge is 0.426 e. The van der Waals surface area contributed by atoms with Crippen molar-refractivity contribution in [3.63, 3.8) is 0 Å². The van der Waals surface area contributed by atoms with Gasteiger partial charge in [0.1, 0.15) is 5.75 Å². The van der Waals surface area contributed by atoms with Crippen molar-refractivity contribution in [3.05, 3.63) is 57.6 Å². The SMILES string of the molecule is Cn1cnc2cc(OC(=O)CCn3ccc(=O)[nH]c3=O)ccc21. The molecule has 8 heteroatoms. The summed E-state index contributed by atoms with van der Waals surface area (Å²) in [5.74, 6) is -0.0756. The molecule has 3 rings (SSSR count). The van der Waals surface area contributed by atoms with E-state index in [0.717, 1.165) is 11.0 Å². The van der Waals surface area contributed by atoms with Crippen LogP contribution in [0.15, 0.2) is 46.4 Å². The Hall–Kier alpha value is -3.16. The van der Waals surface area contributed by atoms with Gasteiger partial charge in [-0.25, -0.2) is 9.78 Å². The van der Waals surface area contributed by atoms with E-state index < -0.39 is 17.2 Å². The van der Waals surface area contributed by atoms with Crippen molar-refractivity contribution in [2.24, 2.45) is 7.05 Å². The summed E-state index contributed by atoms with van der Waals surface area (Å²) in [5, 5.41) is 0. The van der Waals surface area contributed by atoms with Crippen molar-refractivity contribution in [1.82, 2.24) is 19.1 Å². The molecule has 0 atom stereocenters. The van der Waals surface area contributed by atoms with E-state index in [4.69, 9.17) is 4.74 Å². The summed E-state index contributed by atoms with van der Waals surface area (Å²) in [6, 6.07) is 6.41. The van der Waals surface area contributed by atoms with E-state index >= 15 is 0 Å². The summed E-state index contributed by atoms with van der Waals surface area (Å²) in [6.07, 6.45) is 3.03. The first-order chi connectivity index (χ1) is 11.0. The number of esters is 1. The molecule has 0 spiro atoms. The van der Waals surface area contributed by atoms with Gasteiger partial charge in [0.15, 0.2) is 0 Å². The predicted octanol–water partition coefficient (Wildman–Crippen LogP) is 0.419. The number of aromatic nitrogens is 4. The Morgan fingerprint density at radius 1 is 1.30 bits per heavy atom. The van der Waals surface area contributed by atoms with Gasteiger partial charge in [0.2, 0.25) is 0 Å². The molecule has 23 heavy (non-hydrogen) atoms. The molecule has 0 amide bonds. The Morgan fingerprint density at radius 3 is 2.91 bits per heavy atom. The van der Waals surface area contributed by atoms with E-state index in [1.807, 2.05) is 17.7 Å². The lowest BCUT2D eigenvalue weighted by Gasteiger charge is -2.06. The molecule has 2 heterocycles. The van der Waals surface area contributed by atoms with E-state index in [1.54, 1.807) is 18.5 Å². The molecule has 0 aliphatic carbocycles. The Balaban J connectivity index is 1.66. The molecule has 2 aromatic heterocycles. The van der Waals surface area contributed by atoms with Crippen LogP contribution in [0.1, 0.15) is 6.42 Å². The minimum atomic E-state index is -0.555. The second-order valence-corrected chi connectivity index (χ2v) is 5.03. The number of ether oxygens (including phenoxy) is 1. The highest BCUT2D eigenvalue weighted by atomic mass is 16.5. The second kappa shape index (κ2) is 5.91. The molecule has 118 valence electrons. The molecule has 1 aromatic carbocycles. The molecule has 0 bridgehead atoms. The van der Waals surface area contributed by atoms with Gasteiger partial charge in [0.25, 0.3) is 5.56 Å². The van der Waals surface area contributed by atoms with E-state index in [1.165, 1.54) is 16.8 Å². The number of benzene rings is 1. The third-order valence-electron chi connectivity index (χ3n) is 3.38. The second-order valence-electron chi connectivity index (χ2n) is 5.03. The quantitative estimate of drug-likeness (QED) is 0.556. The molecular weight excluding hydrogens is 300 g/mol. The van der Waals surface area contributed by atoms with Gasteiger partial charge in [-0.05, 0) is 12.1 Å². The molecule has 0 aliphatic rings. The van der Waals surface area contributed by atoms with Gasteiger partial charge in [-0.3, -0.25) is 14.6 Å². The highest BCUT2D eigenvalue weighted by Crippen LogP contribution is 2.19. The van der Waals surface area contributed by atoms with Gasteiger partial charge in [-0.2, -0.15) is 0 Å². The highest BCUT2D eigenvalue weighted by Gasteiger charge is 2.08. The zero-order valence-electron chi connectivity index (χ0n) is 12.4. The number of carbonyl (C=O) groups is 1. The lowest BCUT2D eigenvalue weighted by Crippen LogP contribution is -2.29. The van der Waals surface area contributed by atoms with Crippen LogP contribution < -0.4 is 16.0 Å². The van der Waals surface area contributed by atoms with Gasteiger partial charge in [0.05, 0.1) is 23.8 Å². The third-order valence-corrected chi connectivity index (χ3v) is 3.38. The van der Waals surface area contributed by atoms with Crippen LogP contribution in [0, 0.1) is 0 Å². The predicted molar refractivity (Wildman–Crippen MR) is 82.3 cm³/mol. The molecular formula is C15H14N4O4. The van der Waals surface area contributed by atoms with Gasteiger partial charge in [0, 0.05) is 31.9 Å². The monoisotopic (exact) mass is 314 g/mol. The Morgan fingerprint density at radius 2 is 2.13 bits per heavy atom. The number of fused-ring (bicyclic) bond motifs is 1. The standard InChI is InChI=1S/C15H14N4O4/c1-18-9-16-11-8-10(2-3-12(11)18)23-14(21)5-7-19-6-4-13(20)17-15(19)22/h2-4,6,8-9H,5,7H2,1H3,(H,17,20,22). The zero-order chi connectivity index (χ0) is 16.4. The normalized spacial score (nSPS) is 10.8. The molecule has 0 saturated carbocycles. The highest BCUT2D eigenvalue weighted by molar-refractivity contribution is 5.79. The first kappa shape index (κ1) is 14.8. The van der Waals surface area contributed by atoms with Crippen LogP contribution in [0.4, 0.5) is 0 Å². The number of carbonyl (C=O) groups excluding carboxylic acids is 1. The maximum Gasteiger partial charge on any atom is 0.328 e. The van der Waals surface area contributed by atoms with Gasteiger partial charge < -0.3 is 13.9 Å². The van der Waals surface area contributed by atoms with Gasteiger partial charge in [-0.15, -0.1) is 0 Å². The average Bonchev–Trinajstić information content (AvgIpc) is 2.87. The molecule has 1 N–H and O–H groups in total. The summed E-state index contributed by atoms with van der Waals surface area (Å²) in [4.78, 5) is 40.7. The fraction of sp³-hybridized carbons (Fsp3) is 0.200. The number of hydrogen-bond donors (Lipinski definition) is 1. The maximum absolute atomic E-state index is 11.9. The lowest BCUT2D eigenvalue weighted by atomic mass is 10.3. The number of H-pyrrole nitrogens is 1. The fourth-order valence-corrected chi connectivity index (χ4v) is 2.19. The van der Waals surface area contributed by atoms with Crippen molar-refractivity contribution in [2.45, 2.75) is 13.0 Å². The van der Waals surface area contributed by atoms with Crippen LogP contribution in [-0.2, 0) is 18.4 Å². The summed E-state index contributed by atoms with van der Waals surface area (Å²) in [5.41, 5.74) is 0.636. The van der Waals surface area contributed by atoms with Gasteiger partial charge >= 0.3 is 11.7 Å².